The van der Waals surface area contributed by atoms with E-state index in [0.717, 1.165) is 44.6 Å². The highest BCUT2D eigenvalue weighted by atomic mass is 19.3. The molecule has 140 valence electrons. The fourth-order valence-corrected chi connectivity index (χ4v) is 4.38. The molecule has 0 unspecified atom stereocenters. The Morgan fingerprint density at radius 1 is 1.31 bits per heavy atom. The summed E-state index contributed by atoms with van der Waals surface area (Å²) in [7, 11) is 0. The molecule has 2 aliphatic rings. The summed E-state index contributed by atoms with van der Waals surface area (Å²) in [5.41, 5.74) is 1.44. The van der Waals surface area contributed by atoms with Crippen LogP contribution in [0.15, 0.2) is 22.7 Å². The molecule has 1 saturated heterocycles. The number of nitrogens with zero attached hydrogens (tertiary/aromatic N) is 3. The smallest absolute Gasteiger partial charge is 0.264 e. The van der Waals surface area contributed by atoms with E-state index in [-0.39, 0.29) is 17.2 Å². The second-order valence-corrected chi connectivity index (χ2v) is 7.63. The first kappa shape index (κ1) is 17.6. The van der Waals surface area contributed by atoms with Gasteiger partial charge in [-0.05, 0) is 57.6 Å². The van der Waals surface area contributed by atoms with Gasteiger partial charge in [0, 0.05) is 30.3 Å². The van der Waals surface area contributed by atoms with Gasteiger partial charge in [-0.2, -0.15) is 0 Å². The van der Waals surface area contributed by atoms with E-state index in [2.05, 4.69) is 27.2 Å². The maximum Gasteiger partial charge on any atom is 0.264 e. The van der Waals surface area contributed by atoms with Crippen molar-refractivity contribution >= 4 is 11.1 Å². The molecule has 0 spiro atoms. The number of piperidine rings is 1. The number of hydrogen-bond acceptors (Lipinski definition) is 4. The summed E-state index contributed by atoms with van der Waals surface area (Å²) < 4.78 is 32.4. The quantitative estimate of drug-likeness (QED) is 0.718. The third-order valence-corrected chi connectivity index (χ3v) is 5.72. The van der Waals surface area contributed by atoms with Gasteiger partial charge in [-0.15, -0.1) is 0 Å². The van der Waals surface area contributed by atoms with Gasteiger partial charge in [0.15, 0.2) is 0 Å². The molecule has 1 fully saturated rings. The van der Waals surface area contributed by atoms with Gasteiger partial charge in [0.1, 0.15) is 0 Å². The van der Waals surface area contributed by atoms with Crippen LogP contribution in [-0.2, 0) is 0 Å². The summed E-state index contributed by atoms with van der Waals surface area (Å²) in [5, 5.41) is 4.20. The first-order valence-corrected chi connectivity index (χ1v) is 9.54. The summed E-state index contributed by atoms with van der Waals surface area (Å²) >= 11 is 0. The SMILES string of the molecule is Cc1noc2nc([C@@H]3CCCN(C[C@@H]4CC=CCC4)C3)cc(C(F)F)c12. The third kappa shape index (κ3) is 3.52. The fourth-order valence-electron chi connectivity index (χ4n) is 4.38. The van der Waals surface area contributed by atoms with Gasteiger partial charge in [0.2, 0.25) is 0 Å². The lowest BCUT2D eigenvalue weighted by molar-refractivity contribution is 0.152. The third-order valence-electron chi connectivity index (χ3n) is 5.72. The molecule has 2 aromatic heterocycles. The molecule has 6 heteroatoms. The van der Waals surface area contributed by atoms with Crippen LogP contribution < -0.4 is 0 Å². The highest BCUT2D eigenvalue weighted by Gasteiger charge is 2.27. The first-order valence-electron chi connectivity index (χ1n) is 9.54. The highest BCUT2D eigenvalue weighted by Crippen LogP contribution is 2.34. The Hall–Kier alpha value is -1.82. The summed E-state index contributed by atoms with van der Waals surface area (Å²) in [6.07, 6.45) is 7.62. The maximum atomic E-state index is 13.6. The Balaban J connectivity index is 1.55. The van der Waals surface area contributed by atoms with Gasteiger partial charge in [0.05, 0.1) is 11.1 Å². The van der Waals surface area contributed by atoms with E-state index in [4.69, 9.17) is 4.52 Å². The average Bonchev–Trinajstić information content (AvgIpc) is 3.03. The monoisotopic (exact) mass is 361 g/mol. The zero-order valence-electron chi connectivity index (χ0n) is 15.1. The predicted octanol–water partition coefficient (Wildman–Crippen LogP) is 5.00. The van der Waals surface area contributed by atoms with Crippen molar-refractivity contribution in [2.45, 2.75) is 51.4 Å². The molecule has 4 nitrogen and oxygen atoms in total. The number of likely N-dealkylation sites (tertiary alicyclic amines) is 1. The molecule has 0 saturated carbocycles. The summed E-state index contributed by atoms with van der Waals surface area (Å²) in [6.45, 7) is 4.74. The summed E-state index contributed by atoms with van der Waals surface area (Å²) in [6, 6.07) is 1.58. The largest absolute Gasteiger partial charge is 0.336 e. The van der Waals surface area contributed by atoms with E-state index in [1.807, 2.05) is 0 Å². The van der Waals surface area contributed by atoms with Crippen molar-refractivity contribution in [3.05, 3.63) is 35.2 Å². The van der Waals surface area contributed by atoms with Crippen LogP contribution in [0.25, 0.3) is 11.1 Å². The molecule has 0 bridgehead atoms. The normalized spacial score (nSPS) is 24.6. The van der Waals surface area contributed by atoms with Crippen molar-refractivity contribution in [1.29, 1.82) is 0 Å². The minimum Gasteiger partial charge on any atom is -0.336 e. The molecule has 1 aliphatic heterocycles. The molecule has 0 N–H and O–H groups in total. The maximum absolute atomic E-state index is 13.6. The number of rotatable bonds is 4. The van der Waals surface area contributed by atoms with Crippen molar-refractivity contribution < 1.29 is 13.3 Å². The van der Waals surface area contributed by atoms with Crippen LogP contribution in [-0.4, -0.2) is 34.7 Å². The lowest BCUT2D eigenvalue weighted by Crippen LogP contribution is -2.38. The van der Waals surface area contributed by atoms with Crippen molar-refractivity contribution in [3.63, 3.8) is 0 Å². The molecular weight excluding hydrogens is 336 g/mol. The van der Waals surface area contributed by atoms with Crippen molar-refractivity contribution in [2.24, 2.45) is 5.92 Å². The Morgan fingerprint density at radius 3 is 2.96 bits per heavy atom. The van der Waals surface area contributed by atoms with Gasteiger partial charge < -0.3 is 9.42 Å². The molecular formula is C20H25F2N3O. The molecule has 1 aliphatic carbocycles. The second-order valence-electron chi connectivity index (χ2n) is 7.63. The lowest BCUT2D eigenvalue weighted by Gasteiger charge is -2.35. The minimum atomic E-state index is -2.55. The number of allylic oxidation sites excluding steroid dienone is 2. The van der Waals surface area contributed by atoms with Gasteiger partial charge in [-0.1, -0.05) is 17.3 Å². The van der Waals surface area contributed by atoms with Crippen LogP contribution in [0.5, 0.6) is 0 Å². The number of pyridine rings is 1. The van der Waals surface area contributed by atoms with E-state index in [0.29, 0.717) is 17.0 Å². The number of aromatic nitrogens is 2. The molecule has 0 aromatic carbocycles. The van der Waals surface area contributed by atoms with E-state index in [1.165, 1.54) is 12.8 Å². The topological polar surface area (TPSA) is 42.2 Å². The highest BCUT2D eigenvalue weighted by molar-refractivity contribution is 5.80. The van der Waals surface area contributed by atoms with Crippen molar-refractivity contribution in [3.8, 4) is 0 Å². The first-order chi connectivity index (χ1) is 12.6. The molecule has 2 aromatic rings. The average molecular weight is 361 g/mol. The van der Waals surface area contributed by atoms with E-state index in [1.54, 1.807) is 13.0 Å². The van der Waals surface area contributed by atoms with Crippen LogP contribution in [0.4, 0.5) is 8.78 Å². The number of hydrogen-bond donors (Lipinski definition) is 0. The summed E-state index contributed by atoms with van der Waals surface area (Å²) in [4.78, 5) is 7.03. The zero-order chi connectivity index (χ0) is 18.1. The van der Waals surface area contributed by atoms with E-state index >= 15 is 0 Å². The van der Waals surface area contributed by atoms with Gasteiger partial charge in [-0.25, -0.2) is 13.8 Å². The van der Waals surface area contributed by atoms with Gasteiger partial charge >= 0.3 is 0 Å². The molecule has 0 amide bonds. The molecule has 26 heavy (non-hydrogen) atoms. The Labute approximate surface area is 152 Å². The van der Waals surface area contributed by atoms with Crippen LogP contribution in [0.3, 0.4) is 0 Å². The van der Waals surface area contributed by atoms with Crippen molar-refractivity contribution in [1.82, 2.24) is 15.0 Å². The molecule has 3 heterocycles. The Bertz CT molecular complexity index is 802. The number of aryl methyl sites for hydroxylation is 1. The van der Waals surface area contributed by atoms with Crippen LogP contribution >= 0.6 is 0 Å². The number of fused-ring (bicyclic) bond motifs is 1. The van der Waals surface area contributed by atoms with Crippen LogP contribution in [0.1, 0.15) is 61.4 Å². The molecule has 2 atom stereocenters. The van der Waals surface area contributed by atoms with Crippen molar-refractivity contribution in [2.75, 3.05) is 19.6 Å². The Morgan fingerprint density at radius 2 is 2.19 bits per heavy atom. The molecule has 0 radical (unpaired) electrons. The van der Waals surface area contributed by atoms with Crippen LogP contribution in [0, 0.1) is 12.8 Å². The number of halogens is 2. The Kier molecular flexibility index (Phi) is 5.02. The summed E-state index contributed by atoms with van der Waals surface area (Å²) in [5.74, 6) is 0.887. The van der Waals surface area contributed by atoms with Crippen LogP contribution in [0.2, 0.25) is 0 Å². The zero-order valence-corrected chi connectivity index (χ0v) is 15.1. The molecule has 4 rings (SSSR count). The number of alkyl halides is 2. The van der Waals surface area contributed by atoms with Gasteiger partial charge in [-0.3, -0.25) is 0 Å². The lowest BCUT2D eigenvalue weighted by atomic mass is 9.90. The van der Waals surface area contributed by atoms with E-state index < -0.39 is 6.43 Å². The minimum absolute atomic E-state index is 0.00158. The second kappa shape index (κ2) is 7.43. The fraction of sp³-hybridized carbons (Fsp3) is 0.600. The predicted molar refractivity (Wildman–Crippen MR) is 96.4 cm³/mol. The van der Waals surface area contributed by atoms with Gasteiger partial charge in [0.25, 0.3) is 12.1 Å². The standard InChI is InChI=1S/C20H25F2N3O/c1-13-18-16(19(21)22)10-17(23-20(18)26-24-13)15-8-5-9-25(12-15)11-14-6-3-2-4-7-14/h2-3,10,14-15,19H,4-9,11-12H2,1H3/t14-,15-/m1/s1. The van der Waals surface area contributed by atoms with E-state index in [9.17, 15) is 8.78 Å².